The zero-order valence-corrected chi connectivity index (χ0v) is 18.1. The highest BCUT2D eigenvalue weighted by Crippen LogP contribution is 2.17. The van der Waals surface area contributed by atoms with Gasteiger partial charge in [-0.05, 0) is 43.7 Å². The molecular formula is C24H26N7O+. The third-order valence-electron chi connectivity index (χ3n) is 4.86. The maximum absolute atomic E-state index is 12.5. The molecule has 0 aliphatic carbocycles. The molecule has 0 unspecified atom stereocenters. The van der Waals surface area contributed by atoms with Gasteiger partial charge in [-0.1, -0.05) is 36.4 Å². The number of urea groups is 1. The number of rotatable bonds is 5. The summed E-state index contributed by atoms with van der Waals surface area (Å²) in [6.45, 7) is 4.40. The first-order valence-electron chi connectivity index (χ1n) is 10.4. The Bertz CT molecular complexity index is 1230. The lowest BCUT2D eigenvalue weighted by Gasteiger charge is -2.07. The van der Waals surface area contributed by atoms with Crippen LogP contribution in [0.5, 0.6) is 0 Å². The van der Waals surface area contributed by atoms with Crippen molar-refractivity contribution in [2.75, 3.05) is 17.2 Å². The Morgan fingerprint density at radius 2 is 1.69 bits per heavy atom. The van der Waals surface area contributed by atoms with Crippen molar-refractivity contribution in [3.8, 4) is 0 Å². The number of guanidine groups is 1. The van der Waals surface area contributed by atoms with Gasteiger partial charge in [0.25, 0.3) is 5.95 Å². The molecule has 5 N–H and O–H groups in total. The largest absolute Gasteiger partial charge is 0.384 e. The third kappa shape index (κ3) is 5.48. The zero-order valence-electron chi connectivity index (χ0n) is 18.1. The van der Waals surface area contributed by atoms with Crippen LogP contribution in [0.1, 0.15) is 17.0 Å². The summed E-state index contributed by atoms with van der Waals surface area (Å²) in [6, 6.07) is 19.0. The molecule has 0 bridgehead atoms. The maximum atomic E-state index is 12.5. The number of para-hydroxylation sites is 2. The average Bonchev–Trinajstić information content (AvgIpc) is 3.17. The van der Waals surface area contributed by atoms with E-state index >= 15 is 0 Å². The Morgan fingerprint density at radius 3 is 2.47 bits per heavy atom. The molecular weight excluding hydrogens is 402 g/mol. The second kappa shape index (κ2) is 9.74. The molecule has 0 saturated carbocycles. The number of carbonyl (C=O) groups is 1. The number of aromatic nitrogens is 3. The number of hydrogen-bond donors (Lipinski definition) is 5. The predicted octanol–water partition coefficient (Wildman–Crippen LogP) is 2.49. The van der Waals surface area contributed by atoms with E-state index in [0.717, 1.165) is 23.3 Å². The van der Waals surface area contributed by atoms with E-state index in [0.29, 0.717) is 24.1 Å². The number of aromatic amines is 1. The zero-order chi connectivity index (χ0) is 22.3. The molecule has 32 heavy (non-hydrogen) atoms. The molecule has 0 spiro atoms. The van der Waals surface area contributed by atoms with Crippen molar-refractivity contribution in [2.24, 2.45) is 0 Å². The highest BCUT2D eigenvalue weighted by molar-refractivity contribution is 6.04. The molecule has 0 fully saturated rings. The molecule has 2 aromatic carbocycles. The third-order valence-corrected chi connectivity index (χ3v) is 4.86. The molecule has 2 heterocycles. The Balaban J connectivity index is 1.49. The molecule has 0 atom stereocenters. The minimum atomic E-state index is -0.373. The van der Waals surface area contributed by atoms with E-state index in [1.165, 1.54) is 10.9 Å². The number of fused-ring (bicyclic) bond motifs is 1. The van der Waals surface area contributed by atoms with Crippen LogP contribution in [0, 0.1) is 13.8 Å². The van der Waals surface area contributed by atoms with Gasteiger partial charge in [0.2, 0.25) is 0 Å². The van der Waals surface area contributed by atoms with Gasteiger partial charge < -0.3 is 4.98 Å². The van der Waals surface area contributed by atoms with E-state index in [4.69, 9.17) is 0 Å². The summed E-state index contributed by atoms with van der Waals surface area (Å²) in [4.78, 5) is 27.9. The van der Waals surface area contributed by atoms with Crippen molar-refractivity contribution in [2.45, 2.75) is 20.3 Å². The van der Waals surface area contributed by atoms with E-state index in [1.54, 1.807) is 0 Å². The number of amides is 2. The quantitative estimate of drug-likeness (QED) is 0.249. The van der Waals surface area contributed by atoms with E-state index < -0.39 is 0 Å². The lowest BCUT2D eigenvalue weighted by Crippen LogP contribution is -2.79. The van der Waals surface area contributed by atoms with Gasteiger partial charge in [0, 0.05) is 40.6 Å². The number of nitrogens with zero attached hydrogens (tertiary/aromatic N) is 2. The second-order valence-corrected chi connectivity index (χ2v) is 7.46. The standard InChI is InChI=1S/C24H25N7O/c1-16-14-17(2)28-23(27-16)30-22(31-24(32)29-19-8-4-3-5-9-19)25-13-12-18-15-26-21-11-7-6-10-20(18)21/h3-11,14-15,26H,12-13H2,1-2H3,(H3,25,27,28,29,30,31,32)/p+1. The summed E-state index contributed by atoms with van der Waals surface area (Å²) < 4.78 is 0. The summed E-state index contributed by atoms with van der Waals surface area (Å²) in [7, 11) is 0. The molecule has 0 aliphatic heterocycles. The maximum Gasteiger partial charge on any atom is 0.384 e. The molecule has 4 aromatic rings. The molecule has 2 aromatic heterocycles. The number of carbonyl (C=O) groups excluding carboxylic acids is 1. The van der Waals surface area contributed by atoms with E-state index in [-0.39, 0.29) is 6.03 Å². The fourth-order valence-electron chi connectivity index (χ4n) is 3.47. The van der Waals surface area contributed by atoms with Crippen molar-refractivity contribution in [3.63, 3.8) is 0 Å². The Labute approximate surface area is 186 Å². The number of hydrogen-bond acceptors (Lipinski definition) is 3. The van der Waals surface area contributed by atoms with Crippen LogP contribution in [0.15, 0.2) is 66.9 Å². The van der Waals surface area contributed by atoms with Crippen molar-refractivity contribution < 1.29 is 9.79 Å². The van der Waals surface area contributed by atoms with Gasteiger partial charge in [-0.15, -0.1) is 0 Å². The minimum absolute atomic E-state index is 0.373. The van der Waals surface area contributed by atoms with Crippen LogP contribution < -0.4 is 20.9 Å². The first kappa shape index (κ1) is 21.0. The van der Waals surface area contributed by atoms with Crippen LogP contribution in [0.25, 0.3) is 10.9 Å². The summed E-state index contributed by atoms with van der Waals surface area (Å²) in [5.74, 6) is 0.820. The number of anilines is 2. The van der Waals surface area contributed by atoms with Crippen LogP contribution >= 0.6 is 0 Å². The summed E-state index contributed by atoms with van der Waals surface area (Å²) in [5.41, 5.74) is 4.68. The Hall–Kier alpha value is -4.20. The van der Waals surface area contributed by atoms with Crippen LogP contribution in [0.4, 0.5) is 16.4 Å². The smallest absolute Gasteiger partial charge is 0.361 e. The fourth-order valence-corrected chi connectivity index (χ4v) is 3.47. The highest BCUT2D eigenvalue weighted by Gasteiger charge is 2.16. The predicted molar refractivity (Wildman–Crippen MR) is 127 cm³/mol. The second-order valence-electron chi connectivity index (χ2n) is 7.46. The van der Waals surface area contributed by atoms with Crippen molar-refractivity contribution in [3.05, 3.63) is 83.8 Å². The van der Waals surface area contributed by atoms with Gasteiger partial charge in [0.15, 0.2) is 0 Å². The minimum Gasteiger partial charge on any atom is -0.361 e. The molecule has 8 nitrogen and oxygen atoms in total. The van der Waals surface area contributed by atoms with E-state index in [9.17, 15) is 4.79 Å². The first-order chi connectivity index (χ1) is 15.6. The number of nitrogens with one attached hydrogen (secondary N) is 5. The first-order valence-corrected chi connectivity index (χ1v) is 10.4. The van der Waals surface area contributed by atoms with Gasteiger partial charge in [-0.3, -0.25) is 10.3 Å². The number of aryl methyl sites for hydroxylation is 2. The van der Waals surface area contributed by atoms with Crippen LogP contribution in [-0.2, 0) is 6.42 Å². The number of benzene rings is 2. The molecule has 0 saturated heterocycles. The van der Waals surface area contributed by atoms with E-state index in [2.05, 4.69) is 48.0 Å². The Kier molecular flexibility index (Phi) is 6.41. The van der Waals surface area contributed by atoms with Gasteiger partial charge in [-0.25, -0.2) is 20.1 Å². The normalized spacial score (nSPS) is 11.4. The lowest BCUT2D eigenvalue weighted by atomic mass is 10.1. The van der Waals surface area contributed by atoms with Crippen molar-refractivity contribution >= 4 is 34.5 Å². The molecule has 0 aliphatic rings. The van der Waals surface area contributed by atoms with Crippen molar-refractivity contribution in [1.82, 2.24) is 20.3 Å². The van der Waals surface area contributed by atoms with Crippen LogP contribution in [0.2, 0.25) is 0 Å². The Morgan fingerprint density at radius 1 is 0.969 bits per heavy atom. The molecule has 2 amide bonds. The van der Waals surface area contributed by atoms with Crippen molar-refractivity contribution in [1.29, 1.82) is 0 Å². The van der Waals surface area contributed by atoms with Gasteiger partial charge >= 0.3 is 12.0 Å². The molecule has 8 heteroatoms. The highest BCUT2D eigenvalue weighted by atomic mass is 16.2. The molecule has 4 rings (SSSR count). The topological polar surface area (TPSA) is 109 Å². The monoisotopic (exact) mass is 428 g/mol. The summed E-state index contributed by atoms with van der Waals surface area (Å²) >= 11 is 0. The SMILES string of the molecule is Cc1cc(C)nc(NC(NC(=O)Nc2ccccc2)=[NH+]CCc2c[nH]c3ccccc23)n1. The van der Waals surface area contributed by atoms with Gasteiger partial charge in [0.05, 0.1) is 6.54 Å². The van der Waals surface area contributed by atoms with Crippen LogP contribution in [0.3, 0.4) is 0 Å². The number of H-pyrrole nitrogens is 1. The average molecular weight is 429 g/mol. The molecule has 0 radical (unpaired) electrons. The van der Waals surface area contributed by atoms with Crippen LogP contribution in [-0.4, -0.2) is 33.5 Å². The van der Waals surface area contributed by atoms with Gasteiger partial charge in [0.1, 0.15) is 0 Å². The summed E-state index contributed by atoms with van der Waals surface area (Å²) in [5, 5.41) is 9.93. The van der Waals surface area contributed by atoms with E-state index in [1.807, 2.05) is 68.6 Å². The van der Waals surface area contributed by atoms with Gasteiger partial charge in [-0.2, -0.15) is 5.32 Å². The molecule has 162 valence electrons. The fraction of sp³-hybridized carbons (Fsp3) is 0.167. The lowest BCUT2D eigenvalue weighted by molar-refractivity contribution is -0.458. The summed E-state index contributed by atoms with van der Waals surface area (Å²) in [6.07, 6.45) is 2.78.